The topological polar surface area (TPSA) is 20.2 Å². The van der Waals surface area contributed by atoms with E-state index in [9.17, 15) is 5.11 Å². The summed E-state index contributed by atoms with van der Waals surface area (Å²) in [6, 6.07) is 16.5. The van der Waals surface area contributed by atoms with E-state index in [0.29, 0.717) is 0 Å². The van der Waals surface area contributed by atoms with Gasteiger partial charge in [0.2, 0.25) is 0 Å². The van der Waals surface area contributed by atoms with Crippen LogP contribution in [0.2, 0.25) is 5.02 Å². The van der Waals surface area contributed by atoms with Gasteiger partial charge in [-0.25, -0.2) is 0 Å². The van der Waals surface area contributed by atoms with Crippen molar-refractivity contribution in [1.82, 2.24) is 0 Å². The average Bonchev–Trinajstić information content (AvgIpc) is 2.50. The summed E-state index contributed by atoms with van der Waals surface area (Å²) in [5.41, 5.74) is 3.81. The van der Waals surface area contributed by atoms with Gasteiger partial charge < -0.3 is 5.11 Å². The van der Waals surface area contributed by atoms with Crippen molar-refractivity contribution in [1.29, 1.82) is 0 Å². The zero-order chi connectivity index (χ0) is 14.0. The Bertz CT molecular complexity index is 591. The summed E-state index contributed by atoms with van der Waals surface area (Å²) < 4.78 is 0. The Hall–Kier alpha value is -1.31. The summed E-state index contributed by atoms with van der Waals surface area (Å²) in [7, 11) is 0. The molecule has 1 aliphatic carbocycles. The molecule has 0 radical (unpaired) electrons. The normalized spacial score (nSPS) is 21.5. The van der Waals surface area contributed by atoms with E-state index in [1.165, 1.54) is 16.7 Å². The lowest BCUT2D eigenvalue weighted by Gasteiger charge is -2.38. The van der Waals surface area contributed by atoms with Gasteiger partial charge in [0.15, 0.2) is 0 Å². The third kappa shape index (κ3) is 2.48. The number of rotatable bonds is 3. The predicted octanol–water partition coefficient (Wildman–Crippen LogP) is 4.15. The lowest BCUT2D eigenvalue weighted by atomic mass is 9.67. The number of aryl methyl sites for hydroxylation is 1. The minimum atomic E-state index is -0.136. The summed E-state index contributed by atoms with van der Waals surface area (Å²) in [6.07, 6.45) is 4.19. The molecule has 0 fully saturated rings. The van der Waals surface area contributed by atoms with Crippen molar-refractivity contribution in [3.63, 3.8) is 0 Å². The van der Waals surface area contributed by atoms with Gasteiger partial charge in [0.25, 0.3) is 0 Å². The predicted molar refractivity (Wildman–Crippen MR) is 83.3 cm³/mol. The molecule has 2 aromatic rings. The lowest BCUT2D eigenvalue weighted by molar-refractivity contribution is 0.173. The number of aliphatic hydroxyl groups is 1. The molecule has 2 aromatic carbocycles. The van der Waals surface area contributed by atoms with Crippen LogP contribution in [0.3, 0.4) is 0 Å². The van der Waals surface area contributed by atoms with E-state index in [0.717, 1.165) is 30.7 Å². The molecule has 0 aromatic heterocycles. The van der Waals surface area contributed by atoms with Gasteiger partial charge in [-0.15, -0.1) is 0 Å². The van der Waals surface area contributed by atoms with Gasteiger partial charge in [-0.2, -0.15) is 0 Å². The van der Waals surface area contributed by atoms with Crippen molar-refractivity contribution in [3.05, 3.63) is 70.2 Å². The highest BCUT2D eigenvalue weighted by Crippen LogP contribution is 2.39. The second-order valence-electron chi connectivity index (χ2n) is 5.75. The standard InChI is InChI=1S/C18H19ClO/c19-16-9-7-14(8-10-16)12-18(13-20)11-3-5-15-4-1-2-6-17(15)18/h1-2,4,6-10,20H,3,5,11-13H2. The summed E-state index contributed by atoms with van der Waals surface area (Å²) in [4.78, 5) is 0. The fourth-order valence-electron chi connectivity index (χ4n) is 3.40. The van der Waals surface area contributed by atoms with Crippen LogP contribution >= 0.6 is 11.6 Å². The molecular formula is C18H19ClO. The molecule has 0 heterocycles. The van der Waals surface area contributed by atoms with Crippen LogP contribution < -0.4 is 0 Å². The Morgan fingerprint density at radius 1 is 1.05 bits per heavy atom. The van der Waals surface area contributed by atoms with Gasteiger partial charge in [0.1, 0.15) is 0 Å². The van der Waals surface area contributed by atoms with Gasteiger partial charge in [-0.1, -0.05) is 48.0 Å². The first-order valence-corrected chi connectivity index (χ1v) is 7.55. The van der Waals surface area contributed by atoms with E-state index in [1.807, 2.05) is 12.1 Å². The molecule has 0 spiro atoms. The minimum absolute atomic E-state index is 0.136. The van der Waals surface area contributed by atoms with Crippen LogP contribution in [0, 0.1) is 0 Å². The molecule has 0 saturated carbocycles. The molecule has 1 aliphatic rings. The van der Waals surface area contributed by atoms with Crippen molar-refractivity contribution >= 4 is 11.6 Å². The van der Waals surface area contributed by atoms with Crippen LogP contribution in [0.4, 0.5) is 0 Å². The van der Waals surface area contributed by atoms with E-state index < -0.39 is 0 Å². The summed E-state index contributed by atoms with van der Waals surface area (Å²) in [6.45, 7) is 0.201. The monoisotopic (exact) mass is 286 g/mol. The van der Waals surface area contributed by atoms with Gasteiger partial charge in [-0.3, -0.25) is 0 Å². The Kier molecular flexibility index (Phi) is 3.82. The molecule has 3 rings (SSSR count). The van der Waals surface area contributed by atoms with Crippen LogP contribution in [0.1, 0.15) is 29.5 Å². The summed E-state index contributed by atoms with van der Waals surface area (Å²) in [5.74, 6) is 0. The van der Waals surface area contributed by atoms with Crippen LogP contribution in [-0.4, -0.2) is 11.7 Å². The third-order valence-corrected chi connectivity index (χ3v) is 4.70. The smallest absolute Gasteiger partial charge is 0.0531 e. The van der Waals surface area contributed by atoms with Crippen LogP contribution in [0.25, 0.3) is 0 Å². The molecule has 1 nitrogen and oxygen atoms in total. The van der Waals surface area contributed by atoms with E-state index in [-0.39, 0.29) is 12.0 Å². The van der Waals surface area contributed by atoms with Crippen LogP contribution in [-0.2, 0) is 18.3 Å². The van der Waals surface area contributed by atoms with E-state index >= 15 is 0 Å². The Morgan fingerprint density at radius 3 is 2.55 bits per heavy atom. The number of hydrogen-bond acceptors (Lipinski definition) is 1. The Morgan fingerprint density at radius 2 is 1.80 bits per heavy atom. The van der Waals surface area contributed by atoms with Gasteiger partial charge >= 0.3 is 0 Å². The third-order valence-electron chi connectivity index (χ3n) is 4.45. The highest BCUT2D eigenvalue weighted by Gasteiger charge is 2.35. The van der Waals surface area contributed by atoms with Crippen molar-refractivity contribution in [2.75, 3.05) is 6.61 Å². The lowest BCUT2D eigenvalue weighted by Crippen LogP contribution is -2.37. The quantitative estimate of drug-likeness (QED) is 0.899. The van der Waals surface area contributed by atoms with E-state index in [2.05, 4.69) is 36.4 Å². The fraction of sp³-hybridized carbons (Fsp3) is 0.333. The minimum Gasteiger partial charge on any atom is -0.395 e. The fourth-order valence-corrected chi connectivity index (χ4v) is 3.53. The van der Waals surface area contributed by atoms with E-state index in [1.54, 1.807) is 0 Å². The molecule has 2 heteroatoms. The van der Waals surface area contributed by atoms with E-state index in [4.69, 9.17) is 11.6 Å². The molecule has 0 amide bonds. The van der Waals surface area contributed by atoms with Crippen molar-refractivity contribution in [2.45, 2.75) is 31.1 Å². The van der Waals surface area contributed by atoms with Crippen molar-refractivity contribution in [2.24, 2.45) is 0 Å². The number of aliphatic hydroxyl groups excluding tert-OH is 1. The number of fused-ring (bicyclic) bond motifs is 1. The van der Waals surface area contributed by atoms with Crippen LogP contribution in [0.15, 0.2) is 48.5 Å². The maximum absolute atomic E-state index is 10.1. The average molecular weight is 287 g/mol. The molecule has 104 valence electrons. The largest absolute Gasteiger partial charge is 0.395 e. The van der Waals surface area contributed by atoms with Gasteiger partial charge in [-0.05, 0) is 54.5 Å². The molecule has 1 unspecified atom stereocenters. The Labute approximate surface area is 125 Å². The molecule has 1 atom stereocenters. The molecule has 1 N–H and O–H groups in total. The van der Waals surface area contributed by atoms with Crippen molar-refractivity contribution in [3.8, 4) is 0 Å². The summed E-state index contributed by atoms with van der Waals surface area (Å²) >= 11 is 5.95. The zero-order valence-electron chi connectivity index (χ0n) is 11.5. The van der Waals surface area contributed by atoms with Crippen molar-refractivity contribution < 1.29 is 5.11 Å². The summed E-state index contributed by atoms with van der Waals surface area (Å²) in [5, 5.41) is 10.8. The second kappa shape index (κ2) is 5.59. The number of benzene rings is 2. The SMILES string of the molecule is OCC1(Cc2ccc(Cl)cc2)CCCc2ccccc21. The zero-order valence-corrected chi connectivity index (χ0v) is 12.2. The molecule has 0 bridgehead atoms. The molecule has 0 aliphatic heterocycles. The van der Waals surface area contributed by atoms with Gasteiger partial charge in [0, 0.05) is 10.4 Å². The first kappa shape index (κ1) is 13.7. The highest BCUT2D eigenvalue weighted by molar-refractivity contribution is 6.30. The first-order chi connectivity index (χ1) is 9.73. The first-order valence-electron chi connectivity index (χ1n) is 7.17. The van der Waals surface area contributed by atoms with Crippen LogP contribution in [0.5, 0.6) is 0 Å². The molecular weight excluding hydrogens is 268 g/mol. The maximum atomic E-state index is 10.1. The number of hydrogen-bond donors (Lipinski definition) is 1. The molecule has 20 heavy (non-hydrogen) atoms. The van der Waals surface area contributed by atoms with Gasteiger partial charge in [0.05, 0.1) is 6.61 Å². The number of halogens is 1. The maximum Gasteiger partial charge on any atom is 0.0531 e. The Balaban J connectivity index is 1.98. The highest BCUT2D eigenvalue weighted by atomic mass is 35.5. The second-order valence-corrected chi connectivity index (χ2v) is 6.19. The molecule has 0 saturated heterocycles.